The third kappa shape index (κ3) is 7.11. The first-order chi connectivity index (χ1) is 10.2. The molecule has 0 aliphatic heterocycles. The molecule has 1 atom stereocenters. The first-order valence-corrected chi connectivity index (χ1v) is 7.35. The van der Waals surface area contributed by atoms with Gasteiger partial charge in [-0.15, -0.1) is 0 Å². The molecule has 0 saturated heterocycles. The van der Waals surface area contributed by atoms with Gasteiger partial charge in [0.05, 0.1) is 19.3 Å². The van der Waals surface area contributed by atoms with Crippen LogP contribution in [0.4, 0.5) is 4.79 Å². The number of benzene rings is 1. The number of rotatable bonds is 9. The van der Waals surface area contributed by atoms with Gasteiger partial charge in [-0.1, -0.05) is 31.2 Å². The lowest BCUT2D eigenvalue weighted by Crippen LogP contribution is -2.42. The van der Waals surface area contributed by atoms with Crippen LogP contribution in [0.25, 0.3) is 0 Å². The molecular formula is C16H26N2O3. The number of ether oxygens (including phenoxy) is 2. The average molecular weight is 294 g/mol. The molecular weight excluding hydrogens is 268 g/mol. The van der Waals surface area contributed by atoms with E-state index in [2.05, 4.69) is 17.6 Å². The highest BCUT2D eigenvalue weighted by Crippen LogP contribution is 2.10. The molecule has 0 aliphatic rings. The van der Waals surface area contributed by atoms with Gasteiger partial charge in [-0.2, -0.15) is 0 Å². The molecule has 2 amide bonds. The third-order valence-corrected chi connectivity index (χ3v) is 2.96. The molecule has 118 valence electrons. The number of hydrogen-bond donors (Lipinski definition) is 2. The topological polar surface area (TPSA) is 59.6 Å². The van der Waals surface area contributed by atoms with Crippen molar-refractivity contribution in [2.45, 2.75) is 39.5 Å². The maximum atomic E-state index is 11.8. The second-order valence-electron chi connectivity index (χ2n) is 5.00. The van der Waals surface area contributed by atoms with Gasteiger partial charge < -0.3 is 20.1 Å². The van der Waals surface area contributed by atoms with Crippen LogP contribution in [0.1, 0.15) is 31.4 Å². The fourth-order valence-corrected chi connectivity index (χ4v) is 1.94. The summed E-state index contributed by atoms with van der Waals surface area (Å²) < 4.78 is 10.6. The summed E-state index contributed by atoms with van der Waals surface area (Å²) >= 11 is 0. The molecule has 21 heavy (non-hydrogen) atoms. The van der Waals surface area contributed by atoms with E-state index in [1.54, 1.807) is 7.11 Å². The first kappa shape index (κ1) is 17.5. The van der Waals surface area contributed by atoms with Crippen molar-refractivity contribution in [2.75, 3.05) is 20.3 Å². The summed E-state index contributed by atoms with van der Waals surface area (Å²) in [6.07, 6.45) is 1.00. The van der Waals surface area contributed by atoms with Crippen LogP contribution in [0.15, 0.2) is 24.3 Å². The number of amides is 2. The summed E-state index contributed by atoms with van der Waals surface area (Å²) in [5.41, 5.74) is 2.18. The van der Waals surface area contributed by atoms with Crippen molar-refractivity contribution in [3.8, 4) is 0 Å². The van der Waals surface area contributed by atoms with Gasteiger partial charge in [0.1, 0.15) is 0 Å². The van der Waals surface area contributed by atoms with Crippen LogP contribution in [-0.2, 0) is 22.6 Å². The van der Waals surface area contributed by atoms with Gasteiger partial charge in [0.15, 0.2) is 0 Å². The minimum Gasteiger partial charge on any atom is -0.383 e. The molecule has 5 nitrogen and oxygen atoms in total. The van der Waals surface area contributed by atoms with Crippen LogP contribution in [0.2, 0.25) is 0 Å². The molecule has 2 N–H and O–H groups in total. The van der Waals surface area contributed by atoms with E-state index in [9.17, 15) is 4.79 Å². The van der Waals surface area contributed by atoms with Gasteiger partial charge in [0.25, 0.3) is 0 Å². The highest BCUT2D eigenvalue weighted by Gasteiger charge is 2.07. The summed E-state index contributed by atoms with van der Waals surface area (Å²) in [6.45, 7) is 6.28. The molecule has 0 aliphatic carbocycles. The number of nitrogens with one attached hydrogen (secondary N) is 2. The Hall–Kier alpha value is -1.59. The second kappa shape index (κ2) is 10.2. The maximum Gasteiger partial charge on any atom is 0.315 e. The van der Waals surface area contributed by atoms with Crippen molar-refractivity contribution in [1.82, 2.24) is 10.6 Å². The molecule has 1 unspecified atom stereocenters. The second-order valence-corrected chi connectivity index (χ2v) is 5.00. The molecule has 0 radical (unpaired) electrons. The molecule has 0 bridgehead atoms. The van der Waals surface area contributed by atoms with Crippen LogP contribution < -0.4 is 10.6 Å². The Bertz CT molecular complexity index is 424. The van der Waals surface area contributed by atoms with Gasteiger partial charge in [-0.25, -0.2) is 4.79 Å². The molecule has 0 saturated carbocycles. The quantitative estimate of drug-likeness (QED) is 0.688. The van der Waals surface area contributed by atoms with E-state index in [4.69, 9.17) is 9.47 Å². The predicted molar refractivity (Wildman–Crippen MR) is 83.1 cm³/mol. The average Bonchev–Trinajstić information content (AvgIpc) is 2.46. The highest BCUT2D eigenvalue weighted by atomic mass is 16.5. The van der Waals surface area contributed by atoms with Crippen LogP contribution in [0.3, 0.4) is 0 Å². The molecule has 0 aromatic heterocycles. The molecule has 0 heterocycles. The summed E-state index contributed by atoms with van der Waals surface area (Å²) in [7, 11) is 1.61. The van der Waals surface area contributed by atoms with Crippen LogP contribution >= 0.6 is 0 Å². The number of urea groups is 1. The van der Waals surface area contributed by atoms with Crippen LogP contribution in [0.5, 0.6) is 0 Å². The smallest absolute Gasteiger partial charge is 0.315 e. The number of carbonyl (C=O) groups is 1. The van der Waals surface area contributed by atoms with Crippen molar-refractivity contribution in [3.05, 3.63) is 35.4 Å². The lowest BCUT2D eigenvalue weighted by atomic mass is 10.1. The molecule has 1 aromatic carbocycles. The fraction of sp³-hybridized carbons (Fsp3) is 0.562. The summed E-state index contributed by atoms with van der Waals surface area (Å²) in [5.74, 6) is 0. The van der Waals surface area contributed by atoms with E-state index in [0.29, 0.717) is 19.8 Å². The zero-order valence-electron chi connectivity index (χ0n) is 13.1. The van der Waals surface area contributed by atoms with E-state index in [0.717, 1.165) is 24.2 Å². The van der Waals surface area contributed by atoms with Gasteiger partial charge >= 0.3 is 6.03 Å². The lowest BCUT2D eigenvalue weighted by molar-refractivity contribution is 0.121. The summed E-state index contributed by atoms with van der Waals surface area (Å²) in [6, 6.07) is 7.77. The minimum atomic E-state index is -0.191. The largest absolute Gasteiger partial charge is 0.383 e. The van der Waals surface area contributed by atoms with E-state index >= 15 is 0 Å². The zero-order valence-corrected chi connectivity index (χ0v) is 13.1. The number of methoxy groups -OCH3 is 1. The number of hydrogen-bond acceptors (Lipinski definition) is 3. The predicted octanol–water partition coefficient (Wildman–Crippen LogP) is 2.45. The molecule has 5 heteroatoms. The maximum absolute atomic E-state index is 11.8. The van der Waals surface area contributed by atoms with Crippen LogP contribution in [0, 0.1) is 0 Å². The standard InChI is InChI=1S/C16H26N2O3/c1-4-9-21-12-15-8-6-5-7-14(15)10-17-16(19)18-13(2)11-20-3/h5-8,13H,4,9-12H2,1-3H3,(H2,17,18,19). The van der Waals surface area contributed by atoms with Crippen molar-refractivity contribution < 1.29 is 14.3 Å². The van der Waals surface area contributed by atoms with Crippen molar-refractivity contribution in [3.63, 3.8) is 0 Å². The SMILES string of the molecule is CCCOCc1ccccc1CNC(=O)NC(C)COC. The summed E-state index contributed by atoms with van der Waals surface area (Å²) in [4.78, 5) is 11.8. The Morgan fingerprint density at radius 2 is 2.00 bits per heavy atom. The normalized spacial score (nSPS) is 12.0. The minimum absolute atomic E-state index is 0.0156. The monoisotopic (exact) mass is 294 g/mol. The van der Waals surface area contributed by atoms with Gasteiger partial charge in [-0.05, 0) is 24.5 Å². The van der Waals surface area contributed by atoms with E-state index in [1.165, 1.54) is 0 Å². The van der Waals surface area contributed by atoms with Gasteiger partial charge in [0.2, 0.25) is 0 Å². The Balaban J connectivity index is 2.45. The molecule has 0 fully saturated rings. The zero-order chi connectivity index (χ0) is 15.5. The van der Waals surface area contributed by atoms with E-state index < -0.39 is 0 Å². The van der Waals surface area contributed by atoms with Crippen molar-refractivity contribution in [1.29, 1.82) is 0 Å². The lowest BCUT2D eigenvalue weighted by Gasteiger charge is -2.15. The van der Waals surface area contributed by atoms with Crippen LogP contribution in [-0.4, -0.2) is 32.4 Å². The fourth-order valence-electron chi connectivity index (χ4n) is 1.94. The number of carbonyl (C=O) groups excluding carboxylic acids is 1. The Kier molecular flexibility index (Phi) is 8.47. The van der Waals surface area contributed by atoms with Crippen molar-refractivity contribution in [2.24, 2.45) is 0 Å². The highest BCUT2D eigenvalue weighted by molar-refractivity contribution is 5.74. The summed E-state index contributed by atoms with van der Waals surface area (Å²) in [5, 5.41) is 5.67. The Morgan fingerprint density at radius 3 is 2.67 bits per heavy atom. The van der Waals surface area contributed by atoms with E-state index in [-0.39, 0.29) is 12.1 Å². The van der Waals surface area contributed by atoms with Gasteiger partial charge in [0, 0.05) is 20.3 Å². The molecule has 1 aromatic rings. The van der Waals surface area contributed by atoms with E-state index in [1.807, 2.05) is 31.2 Å². The Labute approximate surface area is 127 Å². The third-order valence-electron chi connectivity index (χ3n) is 2.96. The Morgan fingerprint density at radius 1 is 1.29 bits per heavy atom. The first-order valence-electron chi connectivity index (χ1n) is 7.35. The van der Waals surface area contributed by atoms with Crippen molar-refractivity contribution >= 4 is 6.03 Å². The molecule has 1 rings (SSSR count). The molecule has 0 spiro atoms. The van der Waals surface area contributed by atoms with Gasteiger partial charge in [-0.3, -0.25) is 0 Å².